The number of aliphatic imine (C=N–C) groups is 1. The number of nitrogens with zero attached hydrogens (tertiary/aromatic N) is 4. The summed E-state index contributed by atoms with van der Waals surface area (Å²) in [6.07, 6.45) is 0. The van der Waals surface area contributed by atoms with Crippen LogP contribution in [0.2, 0.25) is 0 Å². The lowest BCUT2D eigenvalue weighted by Gasteiger charge is -2.31. The van der Waals surface area contributed by atoms with Gasteiger partial charge in [0, 0.05) is 21.2 Å². The SMILES string of the molecule is C=C(C)C[N+]1=C(NCCOC)N=C2C1C(=O)N(C)C(=O)N2C. The molecule has 0 saturated carbocycles. The molecule has 2 aliphatic rings. The van der Waals surface area contributed by atoms with E-state index in [2.05, 4.69) is 16.9 Å². The molecule has 0 aromatic rings. The van der Waals surface area contributed by atoms with Crippen molar-refractivity contribution in [1.82, 2.24) is 15.1 Å². The molecule has 2 aliphatic heterocycles. The number of ether oxygens (including phenoxy) is 1. The van der Waals surface area contributed by atoms with Crippen molar-refractivity contribution in [3.05, 3.63) is 12.2 Å². The molecule has 0 spiro atoms. The first-order chi connectivity index (χ1) is 10.4. The summed E-state index contributed by atoms with van der Waals surface area (Å²) < 4.78 is 6.84. The Hall–Kier alpha value is -2.22. The molecule has 2 rings (SSSR count). The van der Waals surface area contributed by atoms with Crippen molar-refractivity contribution >= 4 is 23.7 Å². The number of methoxy groups -OCH3 is 1. The number of carbonyl (C=O) groups excluding carboxylic acids is 2. The molecule has 1 atom stereocenters. The molecule has 0 aromatic heterocycles. The van der Waals surface area contributed by atoms with E-state index in [9.17, 15) is 9.59 Å². The van der Waals surface area contributed by atoms with Gasteiger partial charge in [-0.05, 0) is 12.5 Å². The molecule has 0 bridgehead atoms. The smallest absolute Gasteiger partial charge is 0.381 e. The zero-order valence-corrected chi connectivity index (χ0v) is 13.4. The largest absolute Gasteiger partial charge is 0.390 e. The lowest BCUT2D eigenvalue weighted by Crippen LogP contribution is -2.61. The van der Waals surface area contributed by atoms with Gasteiger partial charge < -0.3 is 4.74 Å². The van der Waals surface area contributed by atoms with Crippen LogP contribution in [0, 0.1) is 0 Å². The van der Waals surface area contributed by atoms with Crippen molar-refractivity contribution in [2.45, 2.75) is 13.0 Å². The Labute approximate surface area is 129 Å². The van der Waals surface area contributed by atoms with Crippen LogP contribution in [0.3, 0.4) is 0 Å². The van der Waals surface area contributed by atoms with Crippen LogP contribution < -0.4 is 5.32 Å². The number of nitrogens with one attached hydrogen (secondary N) is 1. The summed E-state index contributed by atoms with van der Waals surface area (Å²) in [7, 11) is 4.71. The van der Waals surface area contributed by atoms with Crippen LogP contribution in [0.1, 0.15) is 6.92 Å². The summed E-state index contributed by atoms with van der Waals surface area (Å²) in [5, 5.41) is 3.15. The van der Waals surface area contributed by atoms with E-state index >= 15 is 0 Å². The first-order valence-electron chi connectivity index (χ1n) is 7.03. The normalized spacial score (nSPS) is 21.3. The highest BCUT2D eigenvalue weighted by molar-refractivity contribution is 6.22. The van der Waals surface area contributed by atoms with Crippen molar-refractivity contribution in [1.29, 1.82) is 0 Å². The van der Waals surface area contributed by atoms with Crippen molar-refractivity contribution in [3.8, 4) is 0 Å². The van der Waals surface area contributed by atoms with Gasteiger partial charge in [-0.1, -0.05) is 11.6 Å². The number of urea groups is 1. The molecule has 1 saturated heterocycles. The molecule has 0 aromatic carbocycles. The quantitative estimate of drug-likeness (QED) is 0.421. The van der Waals surface area contributed by atoms with Gasteiger partial charge in [-0.2, -0.15) is 0 Å². The van der Waals surface area contributed by atoms with Crippen LogP contribution in [0.15, 0.2) is 17.1 Å². The fourth-order valence-electron chi connectivity index (χ4n) is 2.46. The monoisotopic (exact) mass is 308 g/mol. The van der Waals surface area contributed by atoms with Crippen LogP contribution in [0.25, 0.3) is 0 Å². The zero-order chi connectivity index (χ0) is 16.4. The standard InChI is InChI=1S/C14H21N5O3/c1-9(2)8-19-10-11(16-13(19)15-6-7-22-5)17(3)14(21)18(4)12(10)20/h10H,1,6-8H2,2-5H3/p+1. The molecule has 120 valence electrons. The highest BCUT2D eigenvalue weighted by atomic mass is 16.5. The number of imide groups is 1. The average Bonchev–Trinajstić information content (AvgIpc) is 2.81. The predicted octanol–water partition coefficient (Wildman–Crippen LogP) is -0.528. The second-order valence-electron chi connectivity index (χ2n) is 5.44. The topological polar surface area (TPSA) is 77.2 Å². The van der Waals surface area contributed by atoms with Gasteiger partial charge in [0.1, 0.15) is 0 Å². The molecule has 8 nitrogen and oxygen atoms in total. The minimum absolute atomic E-state index is 0.286. The Morgan fingerprint density at radius 2 is 2.09 bits per heavy atom. The van der Waals surface area contributed by atoms with Crippen molar-refractivity contribution in [3.63, 3.8) is 0 Å². The van der Waals surface area contributed by atoms with Crippen molar-refractivity contribution < 1.29 is 18.9 Å². The molecular formula is C14H22N5O3+. The Morgan fingerprint density at radius 1 is 1.41 bits per heavy atom. The third-order valence-electron chi connectivity index (χ3n) is 3.56. The molecule has 0 aliphatic carbocycles. The second kappa shape index (κ2) is 6.27. The van der Waals surface area contributed by atoms with Gasteiger partial charge >= 0.3 is 12.0 Å². The van der Waals surface area contributed by atoms with Crippen LogP contribution >= 0.6 is 0 Å². The number of hydrogen-bond donors (Lipinski definition) is 1. The second-order valence-corrected chi connectivity index (χ2v) is 5.44. The molecule has 2 heterocycles. The number of amides is 3. The van der Waals surface area contributed by atoms with E-state index in [-0.39, 0.29) is 11.9 Å². The first-order valence-corrected chi connectivity index (χ1v) is 7.03. The van der Waals surface area contributed by atoms with E-state index in [1.54, 1.807) is 14.2 Å². The Morgan fingerprint density at radius 3 is 2.68 bits per heavy atom. The number of amidine groups is 1. The van der Waals surface area contributed by atoms with Gasteiger partial charge in [0.25, 0.3) is 5.91 Å². The van der Waals surface area contributed by atoms with E-state index in [1.807, 2.05) is 11.5 Å². The molecule has 3 amide bonds. The molecule has 1 unspecified atom stereocenters. The minimum Gasteiger partial charge on any atom is -0.381 e. The number of fused-ring (bicyclic) bond motifs is 1. The highest BCUT2D eigenvalue weighted by Crippen LogP contribution is 2.18. The van der Waals surface area contributed by atoms with Crippen molar-refractivity contribution in [2.24, 2.45) is 4.99 Å². The number of carbonyl (C=O) groups is 2. The first kappa shape index (κ1) is 16.2. The maximum Gasteiger partial charge on any atom is 0.390 e. The lowest BCUT2D eigenvalue weighted by molar-refractivity contribution is -0.529. The Kier molecular flexibility index (Phi) is 4.60. The third-order valence-corrected chi connectivity index (χ3v) is 3.56. The summed E-state index contributed by atoms with van der Waals surface area (Å²) >= 11 is 0. The number of likely N-dealkylation sites (N-methyl/N-ethyl adjacent to an activating group) is 2. The van der Waals surface area contributed by atoms with Gasteiger partial charge in [-0.15, -0.1) is 0 Å². The van der Waals surface area contributed by atoms with Gasteiger partial charge in [0.05, 0.1) is 19.7 Å². The Bertz CT molecular complexity index is 581. The van der Waals surface area contributed by atoms with Crippen LogP contribution in [0.4, 0.5) is 4.79 Å². The minimum atomic E-state index is -0.602. The van der Waals surface area contributed by atoms with Crippen LogP contribution in [-0.4, -0.2) is 85.1 Å². The predicted molar refractivity (Wildman–Crippen MR) is 82.0 cm³/mol. The molecule has 0 radical (unpaired) electrons. The summed E-state index contributed by atoms with van der Waals surface area (Å²) in [6.45, 7) is 7.34. The van der Waals surface area contributed by atoms with Gasteiger partial charge in [-0.25, -0.2) is 9.37 Å². The fraction of sp³-hybridized carbons (Fsp3) is 0.571. The van der Waals surface area contributed by atoms with Crippen LogP contribution in [-0.2, 0) is 9.53 Å². The van der Waals surface area contributed by atoms with Gasteiger partial charge in [-0.3, -0.25) is 19.9 Å². The summed E-state index contributed by atoms with van der Waals surface area (Å²) in [5.74, 6) is 0.712. The highest BCUT2D eigenvalue weighted by Gasteiger charge is 2.51. The van der Waals surface area contributed by atoms with E-state index in [0.717, 1.165) is 10.5 Å². The summed E-state index contributed by atoms with van der Waals surface area (Å²) in [5.41, 5.74) is 0.900. The molecule has 1 fully saturated rings. The van der Waals surface area contributed by atoms with E-state index in [1.165, 1.54) is 11.9 Å². The molecule has 22 heavy (non-hydrogen) atoms. The van der Waals surface area contributed by atoms with Crippen LogP contribution in [0.5, 0.6) is 0 Å². The lowest BCUT2D eigenvalue weighted by atomic mass is 10.1. The maximum atomic E-state index is 12.5. The van der Waals surface area contributed by atoms with E-state index in [0.29, 0.717) is 31.5 Å². The van der Waals surface area contributed by atoms with Crippen molar-refractivity contribution in [2.75, 3.05) is 40.9 Å². The molecule has 1 N–H and O–H groups in total. The average molecular weight is 308 g/mol. The summed E-state index contributed by atoms with van der Waals surface area (Å²) in [6, 6.07) is -0.983. The fourth-order valence-corrected chi connectivity index (χ4v) is 2.46. The van der Waals surface area contributed by atoms with Gasteiger partial charge in [0.15, 0.2) is 0 Å². The molecule has 8 heteroatoms. The van der Waals surface area contributed by atoms with E-state index in [4.69, 9.17) is 4.74 Å². The molecular weight excluding hydrogens is 286 g/mol. The van der Waals surface area contributed by atoms with E-state index < -0.39 is 6.04 Å². The number of guanidine groups is 1. The number of hydrogen-bond acceptors (Lipinski definition) is 5. The summed E-state index contributed by atoms with van der Waals surface area (Å²) in [4.78, 5) is 31.5. The Balaban J connectivity index is 2.36. The third kappa shape index (κ3) is 2.74. The van der Waals surface area contributed by atoms with Gasteiger partial charge in [0.2, 0.25) is 11.9 Å². The number of rotatable bonds is 5. The zero-order valence-electron chi connectivity index (χ0n) is 13.4. The maximum absolute atomic E-state index is 12.5.